The van der Waals surface area contributed by atoms with Crippen LogP contribution in [0.1, 0.15) is 26.2 Å². The van der Waals surface area contributed by atoms with Gasteiger partial charge < -0.3 is 10.0 Å². The minimum Gasteiger partial charge on any atom is -0.396 e. The van der Waals surface area contributed by atoms with E-state index in [-0.39, 0.29) is 18.6 Å². The molecule has 1 heterocycles. The van der Waals surface area contributed by atoms with Crippen molar-refractivity contribution in [2.24, 2.45) is 11.8 Å². The van der Waals surface area contributed by atoms with Gasteiger partial charge in [0.25, 0.3) is 0 Å². The third-order valence-corrected chi connectivity index (χ3v) is 3.17. The number of rotatable bonds is 4. The van der Waals surface area contributed by atoms with Gasteiger partial charge in [-0.1, -0.05) is 0 Å². The van der Waals surface area contributed by atoms with Crippen molar-refractivity contribution in [3.8, 4) is 0 Å². The first-order chi connectivity index (χ1) is 7.17. The molecule has 1 aliphatic rings. The minimum atomic E-state index is -0.119. The number of hydrogen-bond donors (Lipinski definition) is 3. The third kappa shape index (κ3) is 3.77. The summed E-state index contributed by atoms with van der Waals surface area (Å²) < 4.78 is 0. The normalized spacial score (nSPS) is 21.3. The fraction of sp³-hybridized carbons (Fsp3) is 0.900. The van der Waals surface area contributed by atoms with Crippen LogP contribution < -0.4 is 11.3 Å². The highest BCUT2D eigenvalue weighted by Gasteiger charge is 2.23. The number of piperidine rings is 1. The molecule has 5 nitrogen and oxygen atoms in total. The zero-order valence-corrected chi connectivity index (χ0v) is 9.28. The lowest BCUT2D eigenvalue weighted by atomic mass is 9.96. The number of aliphatic hydroxyl groups excluding tert-OH is 1. The Balaban J connectivity index is 2.29. The second-order valence-electron chi connectivity index (χ2n) is 4.28. The molecule has 0 radical (unpaired) electrons. The molecule has 1 atom stereocenters. The zero-order chi connectivity index (χ0) is 11.3. The minimum absolute atomic E-state index is 0.119. The Morgan fingerprint density at radius 1 is 1.60 bits per heavy atom. The van der Waals surface area contributed by atoms with Gasteiger partial charge >= 0.3 is 0 Å². The lowest BCUT2D eigenvalue weighted by Crippen LogP contribution is -2.43. The first-order valence-electron chi connectivity index (χ1n) is 5.51. The molecule has 0 saturated carbocycles. The molecule has 0 aliphatic carbocycles. The number of carbonyl (C=O) groups is 1. The molecule has 1 unspecified atom stereocenters. The molecular weight excluding hydrogens is 194 g/mol. The number of hydrazine groups is 1. The molecule has 15 heavy (non-hydrogen) atoms. The van der Waals surface area contributed by atoms with Crippen LogP contribution >= 0.6 is 0 Å². The van der Waals surface area contributed by atoms with E-state index in [2.05, 4.69) is 10.3 Å². The monoisotopic (exact) mass is 215 g/mol. The van der Waals surface area contributed by atoms with E-state index in [0.717, 1.165) is 25.9 Å². The van der Waals surface area contributed by atoms with Crippen LogP contribution in [0.2, 0.25) is 0 Å². The van der Waals surface area contributed by atoms with E-state index >= 15 is 0 Å². The lowest BCUT2D eigenvalue weighted by molar-refractivity contribution is -0.122. The van der Waals surface area contributed by atoms with E-state index in [0.29, 0.717) is 12.3 Å². The van der Waals surface area contributed by atoms with Crippen LogP contribution in [0.15, 0.2) is 0 Å². The molecule has 0 aromatic carbocycles. The standard InChI is InChI=1S/C10H21N3O2/c1-8(6-10(15)12-11)13-4-2-9(7-14)3-5-13/h8-9,14H,2-7,11H2,1H3,(H,12,15). The van der Waals surface area contributed by atoms with Gasteiger partial charge in [-0.25, -0.2) is 5.84 Å². The fourth-order valence-electron chi connectivity index (χ4n) is 2.03. The summed E-state index contributed by atoms with van der Waals surface area (Å²) in [5.74, 6) is 5.37. The van der Waals surface area contributed by atoms with Gasteiger partial charge in [0, 0.05) is 19.1 Å². The van der Waals surface area contributed by atoms with Gasteiger partial charge in [0.05, 0.1) is 0 Å². The first-order valence-corrected chi connectivity index (χ1v) is 5.51. The van der Waals surface area contributed by atoms with Crippen LogP contribution in [0.25, 0.3) is 0 Å². The maximum absolute atomic E-state index is 11.1. The molecule has 1 amide bonds. The molecule has 4 N–H and O–H groups in total. The summed E-state index contributed by atoms with van der Waals surface area (Å²) in [7, 11) is 0. The number of nitrogens with two attached hydrogens (primary N) is 1. The van der Waals surface area contributed by atoms with Gasteiger partial charge in [-0.05, 0) is 38.8 Å². The summed E-state index contributed by atoms with van der Waals surface area (Å²) in [6.07, 6.45) is 2.48. The van der Waals surface area contributed by atoms with Gasteiger partial charge in [0.1, 0.15) is 0 Å². The van der Waals surface area contributed by atoms with Gasteiger partial charge in [-0.2, -0.15) is 0 Å². The molecule has 0 bridgehead atoms. The highest BCUT2D eigenvalue weighted by atomic mass is 16.3. The molecule has 1 aliphatic heterocycles. The molecule has 1 rings (SSSR count). The molecule has 1 fully saturated rings. The third-order valence-electron chi connectivity index (χ3n) is 3.17. The van der Waals surface area contributed by atoms with Crippen LogP contribution in [0.3, 0.4) is 0 Å². The zero-order valence-electron chi connectivity index (χ0n) is 9.28. The predicted molar refractivity (Wildman–Crippen MR) is 57.8 cm³/mol. The number of likely N-dealkylation sites (tertiary alicyclic amines) is 1. The molecule has 1 saturated heterocycles. The number of amides is 1. The number of aliphatic hydroxyl groups is 1. The average molecular weight is 215 g/mol. The van der Waals surface area contributed by atoms with Crippen molar-refractivity contribution in [1.82, 2.24) is 10.3 Å². The van der Waals surface area contributed by atoms with Crippen molar-refractivity contribution < 1.29 is 9.90 Å². The molecule has 0 spiro atoms. The summed E-state index contributed by atoms with van der Waals surface area (Å²) in [6.45, 7) is 4.24. The molecule has 5 heteroatoms. The number of hydrogen-bond acceptors (Lipinski definition) is 4. The number of nitrogens with zero attached hydrogens (tertiary/aromatic N) is 1. The largest absolute Gasteiger partial charge is 0.396 e. The predicted octanol–water partition coefficient (Wildman–Crippen LogP) is -0.541. The van der Waals surface area contributed by atoms with Crippen molar-refractivity contribution in [1.29, 1.82) is 0 Å². The van der Waals surface area contributed by atoms with Crippen LogP contribution in [-0.2, 0) is 4.79 Å². The van der Waals surface area contributed by atoms with Gasteiger partial charge in [0.15, 0.2) is 0 Å². The first kappa shape index (κ1) is 12.4. The Bertz CT molecular complexity index is 203. The molecule has 0 aromatic heterocycles. The Labute approximate surface area is 90.6 Å². The summed E-state index contributed by atoms with van der Waals surface area (Å²) >= 11 is 0. The molecular formula is C10H21N3O2. The van der Waals surface area contributed by atoms with E-state index < -0.39 is 0 Å². The van der Waals surface area contributed by atoms with Crippen molar-refractivity contribution in [2.75, 3.05) is 19.7 Å². The number of carbonyl (C=O) groups excluding carboxylic acids is 1. The van der Waals surface area contributed by atoms with Crippen molar-refractivity contribution in [3.05, 3.63) is 0 Å². The highest BCUT2D eigenvalue weighted by molar-refractivity contribution is 5.75. The second-order valence-corrected chi connectivity index (χ2v) is 4.28. The lowest BCUT2D eigenvalue weighted by Gasteiger charge is -2.35. The van der Waals surface area contributed by atoms with Crippen LogP contribution in [0, 0.1) is 5.92 Å². The van der Waals surface area contributed by atoms with Crippen LogP contribution in [-0.4, -0.2) is 41.7 Å². The van der Waals surface area contributed by atoms with Gasteiger partial charge in [-0.15, -0.1) is 0 Å². The summed E-state index contributed by atoms with van der Waals surface area (Å²) in [5, 5.41) is 9.00. The highest BCUT2D eigenvalue weighted by Crippen LogP contribution is 2.19. The summed E-state index contributed by atoms with van der Waals surface area (Å²) in [6, 6.07) is 0.230. The Kier molecular flexibility index (Phi) is 5.01. The summed E-state index contributed by atoms with van der Waals surface area (Å²) in [4.78, 5) is 13.4. The van der Waals surface area contributed by atoms with E-state index in [9.17, 15) is 4.79 Å². The average Bonchev–Trinajstić information content (AvgIpc) is 2.29. The maximum atomic E-state index is 11.1. The van der Waals surface area contributed by atoms with Crippen LogP contribution in [0.4, 0.5) is 0 Å². The Morgan fingerprint density at radius 3 is 2.67 bits per heavy atom. The Morgan fingerprint density at radius 2 is 2.20 bits per heavy atom. The van der Waals surface area contributed by atoms with Crippen molar-refractivity contribution in [3.63, 3.8) is 0 Å². The van der Waals surface area contributed by atoms with E-state index in [4.69, 9.17) is 10.9 Å². The quantitative estimate of drug-likeness (QED) is 0.334. The van der Waals surface area contributed by atoms with E-state index in [1.807, 2.05) is 6.92 Å². The fourth-order valence-corrected chi connectivity index (χ4v) is 2.03. The summed E-state index contributed by atoms with van der Waals surface area (Å²) in [5.41, 5.74) is 2.15. The van der Waals surface area contributed by atoms with Gasteiger partial charge in [0.2, 0.25) is 5.91 Å². The van der Waals surface area contributed by atoms with Crippen LogP contribution in [0.5, 0.6) is 0 Å². The maximum Gasteiger partial charge on any atom is 0.235 e. The van der Waals surface area contributed by atoms with E-state index in [1.165, 1.54) is 0 Å². The topological polar surface area (TPSA) is 78.6 Å². The van der Waals surface area contributed by atoms with Gasteiger partial charge in [-0.3, -0.25) is 10.2 Å². The van der Waals surface area contributed by atoms with E-state index in [1.54, 1.807) is 0 Å². The second kappa shape index (κ2) is 6.05. The SMILES string of the molecule is CC(CC(=O)NN)N1CCC(CO)CC1. The molecule has 88 valence electrons. The number of nitrogens with one attached hydrogen (secondary N) is 1. The Hall–Kier alpha value is -0.650. The van der Waals surface area contributed by atoms with Crippen molar-refractivity contribution >= 4 is 5.91 Å². The van der Waals surface area contributed by atoms with Crippen molar-refractivity contribution in [2.45, 2.75) is 32.2 Å². The smallest absolute Gasteiger partial charge is 0.235 e. The molecule has 0 aromatic rings.